The van der Waals surface area contributed by atoms with E-state index in [2.05, 4.69) is 0 Å². The zero-order chi connectivity index (χ0) is 17.0. The molecular weight excluding hydrogens is 300 g/mol. The third-order valence-corrected chi connectivity index (χ3v) is 3.93. The number of anilines is 1. The van der Waals surface area contributed by atoms with Crippen molar-refractivity contribution >= 4 is 23.5 Å². The van der Waals surface area contributed by atoms with Crippen LogP contribution in [0.4, 0.5) is 5.69 Å². The normalized spacial score (nSPS) is 16.9. The first-order valence-corrected chi connectivity index (χ1v) is 7.30. The van der Waals surface area contributed by atoms with Gasteiger partial charge in [-0.1, -0.05) is 18.2 Å². The number of fused-ring (bicyclic) bond motifs is 1. The minimum atomic E-state index is -1.10. The van der Waals surface area contributed by atoms with E-state index in [1.807, 2.05) is 0 Å². The summed E-state index contributed by atoms with van der Waals surface area (Å²) in [6.45, 7) is -0.00352. The maximum absolute atomic E-state index is 12.8. The predicted octanol–water partition coefficient (Wildman–Crippen LogP) is 0.696. The highest BCUT2D eigenvalue weighted by Gasteiger charge is 2.36. The van der Waals surface area contributed by atoms with E-state index in [1.165, 1.54) is 16.9 Å². The van der Waals surface area contributed by atoms with Crippen LogP contribution in [0.3, 0.4) is 0 Å². The molecule has 1 aliphatic heterocycles. The Hall–Kier alpha value is -2.41. The van der Waals surface area contributed by atoms with Gasteiger partial charge in [0.1, 0.15) is 6.54 Å². The van der Waals surface area contributed by atoms with Crippen LogP contribution in [0.25, 0.3) is 0 Å². The number of ether oxygens (including phenoxy) is 1. The highest BCUT2D eigenvalue weighted by Crippen LogP contribution is 2.36. The van der Waals surface area contributed by atoms with Gasteiger partial charge in [-0.15, -0.1) is 0 Å². The molecule has 124 valence electrons. The standard InChI is InChI=1S/C16H20N2O5/c1-17-13-6-4-3-5-11(13)12(9-14(17)19)16(22)18(7-8-23-2)10-15(20)21/h3-6,12H,7-10H2,1-2H3,(H,20,21)/t12-/m1/s1. The maximum atomic E-state index is 12.8. The minimum absolute atomic E-state index is 0.0372. The van der Waals surface area contributed by atoms with Crippen LogP contribution in [0.1, 0.15) is 17.9 Å². The van der Waals surface area contributed by atoms with Crippen LogP contribution in [-0.4, -0.2) is 61.6 Å². The lowest BCUT2D eigenvalue weighted by molar-refractivity contribution is -0.146. The number of hydrogen-bond donors (Lipinski definition) is 1. The van der Waals surface area contributed by atoms with Gasteiger partial charge in [0.2, 0.25) is 11.8 Å². The SMILES string of the molecule is COCCN(CC(=O)O)C(=O)[C@@H]1CC(=O)N(C)c2ccccc21. The Labute approximate surface area is 134 Å². The van der Waals surface area contributed by atoms with Crippen molar-refractivity contribution in [3.8, 4) is 0 Å². The molecule has 1 aromatic carbocycles. The molecule has 7 nitrogen and oxygen atoms in total. The first-order chi connectivity index (χ1) is 11.0. The molecule has 2 rings (SSSR count). The fourth-order valence-corrected chi connectivity index (χ4v) is 2.72. The van der Waals surface area contributed by atoms with Crippen LogP contribution in [0.5, 0.6) is 0 Å². The van der Waals surface area contributed by atoms with Crippen molar-refractivity contribution in [1.29, 1.82) is 0 Å². The summed E-state index contributed by atoms with van der Waals surface area (Å²) in [6.07, 6.45) is 0.0372. The molecular formula is C16H20N2O5. The van der Waals surface area contributed by atoms with Crippen molar-refractivity contribution in [2.75, 3.05) is 38.8 Å². The average molecular weight is 320 g/mol. The number of carbonyl (C=O) groups is 3. The van der Waals surface area contributed by atoms with E-state index >= 15 is 0 Å². The largest absolute Gasteiger partial charge is 0.480 e. The van der Waals surface area contributed by atoms with Crippen LogP contribution in [-0.2, 0) is 19.1 Å². The van der Waals surface area contributed by atoms with Gasteiger partial charge >= 0.3 is 5.97 Å². The second kappa shape index (κ2) is 7.23. The molecule has 0 bridgehead atoms. The smallest absolute Gasteiger partial charge is 0.323 e. The molecule has 0 saturated heterocycles. The van der Waals surface area contributed by atoms with Crippen LogP contribution in [0, 0.1) is 0 Å². The fourth-order valence-electron chi connectivity index (χ4n) is 2.72. The van der Waals surface area contributed by atoms with Crippen LogP contribution < -0.4 is 4.90 Å². The molecule has 23 heavy (non-hydrogen) atoms. The number of para-hydroxylation sites is 1. The highest BCUT2D eigenvalue weighted by atomic mass is 16.5. The first kappa shape index (κ1) is 17.0. The molecule has 1 aliphatic rings. The third-order valence-electron chi connectivity index (χ3n) is 3.93. The molecule has 0 radical (unpaired) electrons. The predicted molar refractivity (Wildman–Crippen MR) is 83.3 cm³/mol. The zero-order valence-electron chi connectivity index (χ0n) is 13.2. The fraction of sp³-hybridized carbons (Fsp3) is 0.438. The number of nitrogens with zero attached hydrogens (tertiary/aromatic N) is 2. The number of rotatable bonds is 6. The number of benzene rings is 1. The third kappa shape index (κ3) is 3.68. The Bertz CT molecular complexity index is 616. The molecule has 0 unspecified atom stereocenters. The summed E-state index contributed by atoms with van der Waals surface area (Å²) in [5, 5.41) is 9.01. The Kier molecular flexibility index (Phi) is 5.33. The first-order valence-electron chi connectivity index (χ1n) is 7.30. The number of aliphatic carboxylic acids is 1. The average Bonchev–Trinajstić information content (AvgIpc) is 2.54. The monoisotopic (exact) mass is 320 g/mol. The van der Waals surface area contributed by atoms with Gasteiger partial charge in [-0.25, -0.2) is 0 Å². The van der Waals surface area contributed by atoms with E-state index in [4.69, 9.17) is 9.84 Å². The number of carboxylic acids is 1. The van der Waals surface area contributed by atoms with Crippen molar-refractivity contribution in [2.24, 2.45) is 0 Å². The van der Waals surface area contributed by atoms with Gasteiger partial charge in [-0.3, -0.25) is 14.4 Å². The lowest BCUT2D eigenvalue weighted by Gasteiger charge is -2.33. The summed E-state index contributed by atoms with van der Waals surface area (Å²) in [4.78, 5) is 38.7. The summed E-state index contributed by atoms with van der Waals surface area (Å²) in [5.74, 6) is -2.28. The Morgan fingerprint density at radius 2 is 2.09 bits per heavy atom. The van der Waals surface area contributed by atoms with Gasteiger partial charge in [0.05, 0.1) is 12.5 Å². The quantitative estimate of drug-likeness (QED) is 0.833. The van der Waals surface area contributed by atoms with Gasteiger partial charge in [0.25, 0.3) is 0 Å². The zero-order valence-corrected chi connectivity index (χ0v) is 13.2. The van der Waals surface area contributed by atoms with E-state index in [0.717, 1.165) is 5.56 Å². The van der Waals surface area contributed by atoms with E-state index < -0.39 is 18.4 Å². The molecule has 1 atom stereocenters. The number of amides is 2. The molecule has 2 amide bonds. The number of methoxy groups -OCH3 is 1. The second-order valence-corrected chi connectivity index (χ2v) is 5.41. The van der Waals surface area contributed by atoms with Gasteiger partial charge < -0.3 is 19.6 Å². The van der Waals surface area contributed by atoms with Crippen molar-refractivity contribution in [1.82, 2.24) is 4.90 Å². The summed E-state index contributed by atoms with van der Waals surface area (Å²) in [7, 11) is 3.15. The van der Waals surface area contributed by atoms with E-state index in [-0.39, 0.29) is 31.4 Å². The minimum Gasteiger partial charge on any atom is -0.480 e. The van der Waals surface area contributed by atoms with Crippen molar-refractivity contribution in [3.05, 3.63) is 29.8 Å². The Balaban J connectivity index is 2.31. The summed E-state index contributed by atoms with van der Waals surface area (Å²) < 4.78 is 4.94. The number of carboxylic acid groups (broad SMARTS) is 1. The van der Waals surface area contributed by atoms with Gasteiger partial charge in [0, 0.05) is 32.8 Å². The molecule has 0 fully saturated rings. The molecule has 7 heteroatoms. The number of carbonyl (C=O) groups excluding carboxylic acids is 2. The molecule has 0 aromatic heterocycles. The van der Waals surface area contributed by atoms with E-state index in [9.17, 15) is 14.4 Å². The van der Waals surface area contributed by atoms with Crippen molar-refractivity contribution < 1.29 is 24.2 Å². The molecule has 0 saturated carbocycles. The van der Waals surface area contributed by atoms with Crippen LogP contribution in [0.2, 0.25) is 0 Å². The Morgan fingerprint density at radius 1 is 1.39 bits per heavy atom. The maximum Gasteiger partial charge on any atom is 0.323 e. The lowest BCUT2D eigenvalue weighted by atomic mass is 9.88. The second-order valence-electron chi connectivity index (χ2n) is 5.41. The van der Waals surface area contributed by atoms with Gasteiger partial charge in [0.15, 0.2) is 0 Å². The number of hydrogen-bond acceptors (Lipinski definition) is 4. The van der Waals surface area contributed by atoms with Crippen LogP contribution >= 0.6 is 0 Å². The van der Waals surface area contributed by atoms with E-state index in [0.29, 0.717) is 5.69 Å². The lowest BCUT2D eigenvalue weighted by Crippen LogP contribution is -2.44. The van der Waals surface area contributed by atoms with Crippen molar-refractivity contribution in [2.45, 2.75) is 12.3 Å². The highest BCUT2D eigenvalue weighted by molar-refractivity contribution is 6.02. The Morgan fingerprint density at radius 3 is 2.74 bits per heavy atom. The molecule has 1 N–H and O–H groups in total. The van der Waals surface area contributed by atoms with Gasteiger partial charge in [-0.05, 0) is 11.6 Å². The van der Waals surface area contributed by atoms with Crippen molar-refractivity contribution in [3.63, 3.8) is 0 Å². The summed E-state index contributed by atoms with van der Waals surface area (Å²) in [5.41, 5.74) is 1.43. The van der Waals surface area contributed by atoms with E-state index in [1.54, 1.807) is 31.3 Å². The molecule has 1 aromatic rings. The van der Waals surface area contributed by atoms with Gasteiger partial charge in [-0.2, -0.15) is 0 Å². The molecule has 1 heterocycles. The topological polar surface area (TPSA) is 87.1 Å². The summed E-state index contributed by atoms with van der Waals surface area (Å²) in [6, 6.07) is 7.19. The van der Waals surface area contributed by atoms with Crippen LogP contribution in [0.15, 0.2) is 24.3 Å². The molecule has 0 aliphatic carbocycles. The summed E-state index contributed by atoms with van der Waals surface area (Å²) >= 11 is 0. The molecule has 0 spiro atoms.